The monoisotopic (exact) mass is 970 g/mol. The van der Waals surface area contributed by atoms with Gasteiger partial charge in [0.15, 0.2) is 0 Å². The molecule has 21 nitrogen and oxygen atoms in total. The molecule has 4 aromatic rings. The fourth-order valence-electron chi connectivity index (χ4n) is 7.31. The minimum Gasteiger partial charge on any atom is -0.497 e. The van der Waals surface area contributed by atoms with Crippen LogP contribution >= 0.6 is 0 Å². The van der Waals surface area contributed by atoms with E-state index in [1.807, 2.05) is 0 Å². The molecular weight excluding hydrogens is 917 g/mol. The van der Waals surface area contributed by atoms with E-state index >= 15 is 0 Å². The summed E-state index contributed by atoms with van der Waals surface area (Å²) in [5.41, 5.74) is 2.84. The standard InChI is InChI=1S/C27H33N5O6.C20H21N3O7S/c1-3-37-24(33)18-31-13-11-30(12-14-31)16-23-17-32(27(35)38-23)21-9-7-19(8-10-21)25(28)29-26(34)20-5-4-6-22(15-20)36-2;1-28-16-5-3-4-14(10-16)19(24)22-18(21)13-6-8-15(9-7-13)23-11-17(30-20(23)25)12-29-31(2,26)27/h4-10,15,23H,3,11-14,16-18H2,1-2H3,(H2,28,29,34);3-10,17H,11-12H2,1-2H3,(H2,21,22,24). The number of esters is 1. The first-order chi connectivity index (χ1) is 33.0. The predicted octanol–water partition coefficient (Wildman–Crippen LogP) is 3.71. The Bertz CT molecular complexity index is 2620. The second-order valence-electron chi connectivity index (χ2n) is 15.8. The molecule has 0 spiro atoms. The Kier molecular flexibility index (Phi) is 17.4. The van der Waals surface area contributed by atoms with Gasteiger partial charge in [-0.2, -0.15) is 8.42 Å². The molecule has 3 fully saturated rings. The van der Waals surface area contributed by atoms with Gasteiger partial charge in [0.05, 0.1) is 46.7 Å². The molecule has 3 aliphatic rings. The predicted molar refractivity (Wildman–Crippen MR) is 253 cm³/mol. The van der Waals surface area contributed by atoms with Crippen molar-refractivity contribution in [2.45, 2.75) is 19.1 Å². The maximum absolute atomic E-state index is 12.6. The Morgan fingerprint density at radius 1 is 0.667 bits per heavy atom. The molecule has 3 saturated heterocycles. The van der Waals surface area contributed by atoms with E-state index in [0.717, 1.165) is 32.4 Å². The normalized spacial score (nSPS) is 17.2. The second-order valence-corrected chi connectivity index (χ2v) is 17.5. The molecular formula is C47H54N8O13S. The summed E-state index contributed by atoms with van der Waals surface area (Å²) >= 11 is 0. The Morgan fingerprint density at radius 2 is 1.12 bits per heavy atom. The molecule has 3 aliphatic heterocycles. The number of cyclic esters (lactones) is 2. The van der Waals surface area contributed by atoms with Gasteiger partial charge in [-0.1, -0.05) is 12.1 Å². The van der Waals surface area contributed by atoms with E-state index in [-0.39, 0.29) is 36.9 Å². The lowest BCUT2D eigenvalue weighted by Crippen LogP contribution is -2.50. The lowest BCUT2D eigenvalue weighted by Gasteiger charge is -2.34. The maximum atomic E-state index is 12.6. The van der Waals surface area contributed by atoms with Crippen LogP contribution in [0.2, 0.25) is 0 Å². The Morgan fingerprint density at radius 3 is 1.57 bits per heavy atom. The summed E-state index contributed by atoms with van der Waals surface area (Å²) in [4.78, 5) is 68.4. The van der Waals surface area contributed by atoms with Crippen LogP contribution in [0.4, 0.5) is 21.0 Å². The van der Waals surface area contributed by atoms with Gasteiger partial charge in [-0.15, -0.1) is 0 Å². The minimum atomic E-state index is -3.64. The molecule has 69 heavy (non-hydrogen) atoms. The highest BCUT2D eigenvalue weighted by Crippen LogP contribution is 2.25. The summed E-state index contributed by atoms with van der Waals surface area (Å²) in [6.45, 7) is 6.46. The van der Waals surface area contributed by atoms with Crippen LogP contribution in [0.5, 0.6) is 11.5 Å². The maximum Gasteiger partial charge on any atom is 0.414 e. The van der Waals surface area contributed by atoms with Crippen molar-refractivity contribution in [2.75, 3.05) is 95.8 Å². The van der Waals surface area contributed by atoms with Crippen molar-refractivity contribution in [1.29, 1.82) is 10.8 Å². The zero-order chi connectivity index (χ0) is 49.7. The number of nitrogens with zero attached hydrogens (tertiary/aromatic N) is 4. The smallest absolute Gasteiger partial charge is 0.414 e. The summed E-state index contributed by atoms with van der Waals surface area (Å²) in [6.07, 6.45) is -1.11. The van der Waals surface area contributed by atoms with E-state index in [2.05, 4.69) is 24.6 Å². The molecule has 0 bridgehead atoms. The molecule has 0 aliphatic carbocycles. The Labute approximate surface area is 399 Å². The molecule has 4 aromatic carbocycles. The molecule has 3 heterocycles. The Hall–Kier alpha value is -7.40. The zero-order valence-electron chi connectivity index (χ0n) is 38.5. The topological polar surface area (TPSA) is 260 Å². The van der Waals surface area contributed by atoms with E-state index in [1.54, 1.807) is 109 Å². The number of benzene rings is 4. The summed E-state index contributed by atoms with van der Waals surface area (Å²) in [5.74, 6) is -0.143. The van der Waals surface area contributed by atoms with Crippen LogP contribution in [0, 0.1) is 10.8 Å². The van der Waals surface area contributed by atoms with Gasteiger partial charge >= 0.3 is 18.2 Å². The van der Waals surface area contributed by atoms with Crippen molar-refractivity contribution < 1.29 is 60.3 Å². The average Bonchev–Trinajstić information content (AvgIpc) is 3.91. The van der Waals surface area contributed by atoms with Gasteiger partial charge in [-0.25, -0.2) is 9.59 Å². The second kappa shape index (κ2) is 23.6. The van der Waals surface area contributed by atoms with Crippen molar-refractivity contribution in [3.63, 3.8) is 0 Å². The lowest BCUT2D eigenvalue weighted by atomic mass is 10.1. The van der Waals surface area contributed by atoms with Crippen LogP contribution in [0.1, 0.15) is 38.8 Å². The molecule has 0 aromatic heterocycles. The van der Waals surface area contributed by atoms with Crippen molar-refractivity contribution in [3.8, 4) is 11.5 Å². The molecule has 2 unspecified atom stereocenters. The highest BCUT2D eigenvalue weighted by molar-refractivity contribution is 7.86. The zero-order valence-corrected chi connectivity index (χ0v) is 39.3. The van der Waals surface area contributed by atoms with Crippen LogP contribution in [0.25, 0.3) is 0 Å². The first-order valence-corrected chi connectivity index (χ1v) is 23.5. The molecule has 4 N–H and O–H groups in total. The fraction of sp³-hybridized carbons (Fsp3) is 0.340. The van der Waals surface area contributed by atoms with Crippen molar-refractivity contribution in [3.05, 3.63) is 119 Å². The third-order valence-electron chi connectivity index (χ3n) is 10.9. The first kappa shape index (κ1) is 51.0. The number of hydrogen-bond donors (Lipinski definition) is 4. The Balaban J connectivity index is 0.000000232. The van der Waals surface area contributed by atoms with Gasteiger partial charge in [-0.3, -0.25) is 49.0 Å². The van der Waals surface area contributed by atoms with E-state index in [0.29, 0.717) is 71.4 Å². The highest BCUT2D eigenvalue weighted by Gasteiger charge is 2.35. The van der Waals surface area contributed by atoms with Gasteiger partial charge < -0.3 is 34.3 Å². The number of ether oxygens (including phenoxy) is 5. The number of carbonyl (C=O) groups is 5. The number of rotatable bonds is 16. The molecule has 0 radical (unpaired) electrons. The highest BCUT2D eigenvalue weighted by atomic mass is 32.2. The van der Waals surface area contributed by atoms with Gasteiger partial charge in [0.2, 0.25) is 0 Å². The van der Waals surface area contributed by atoms with Crippen LogP contribution < -0.4 is 29.9 Å². The van der Waals surface area contributed by atoms with Crippen molar-refractivity contribution >= 4 is 63.1 Å². The van der Waals surface area contributed by atoms with Gasteiger partial charge in [0.1, 0.15) is 42.0 Å². The van der Waals surface area contributed by atoms with Crippen LogP contribution in [-0.4, -0.2) is 158 Å². The number of piperazine rings is 1. The summed E-state index contributed by atoms with van der Waals surface area (Å²) in [5, 5.41) is 21.5. The number of hydrogen-bond acceptors (Lipinski definition) is 17. The average molecular weight is 971 g/mol. The van der Waals surface area contributed by atoms with E-state index in [9.17, 15) is 32.4 Å². The number of anilines is 2. The van der Waals surface area contributed by atoms with E-state index in [4.69, 9.17) is 34.5 Å². The molecule has 0 saturated carbocycles. The number of amides is 4. The van der Waals surface area contributed by atoms with Crippen LogP contribution in [0.3, 0.4) is 0 Å². The number of amidine groups is 2. The minimum absolute atomic E-state index is 0.0478. The number of carbonyl (C=O) groups excluding carboxylic acids is 5. The summed E-state index contributed by atoms with van der Waals surface area (Å²) < 4.78 is 52.8. The largest absolute Gasteiger partial charge is 0.497 e. The SMILES string of the molecule is CCOC(=O)CN1CCN(CC2CN(c3ccc(C(=N)NC(=O)c4cccc(OC)c4)cc3)C(=O)O2)CC1.COc1cccc(C(=O)NC(=N)c2ccc(N3CC(COS(C)(=O)=O)OC3=O)cc2)c1. The van der Waals surface area contributed by atoms with Gasteiger partial charge in [0.25, 0.3) is 21.9 Å². The molecule has 2 atom stereocenters. The van der Waals surface area contributed by atoms with Crippen molar-refractivity contribution in [2.24, 2.45) is 0 Å². The molecule has 22 heteroatoms. The molecule has 4 amide bonds. The lowest BCUT2D eigenvalue weighted by molar-refractivity contribution is -0.144. The van der Waals surface area contributed by atoms with E-state index in [1.165, 1.54) is 19.1 Å². The van der Waals surface area contributed by atoms with Crippen LogP contribution in [-0.2, 0) is 33.3 Å². The summed E-state index contributed by atoms with van der Waals surface area (Å²) in [7, 11) is -0.614. The van der Waals surface area contributed by atoms with Crippen LogP contribution in [0.15, 0.2) is 97.1 Å². The number of nitrogens with one attached hydrogen (secondary N) is 4. The number of methoxy groups -OCH3 is 2. The fourth-order valence-corrected chi connectivity index (χ4v) is 7.71. The quantitative estimate of drug-likeness (QED) is 0.0410. The van der Waals surface area contributed by atoms with Gasteiger partial charge in [0, 0.05) is 66.4 Å². The summed E-state index contributed by atoms with van der Waals surface area (Å²) in [6, 6.07) is 26.5. The van der Waals surface area contributed by atoms with Gasteiger partial charge in [-0.05, 0) is 91.9 Å². The molecule has 366 valence electrons. The molecule has 7 rings (SSSR count). The third-order valence-corrected chi connectivity index (χ3v) is 11.4. The third kappa shape index (κ3) is 14.5. The van der Waals surface area contributed by atoms with E-state index < -0.39 is 40.2 Å². The van der Waals surface area contributed by atoms with Crippen molar-refractivity contribution in [1.82, 2.24) is 20.4 Å². The first-order valence-electron chi connectivity index (χ1n) is 21.7.